The van der Waals surface area contributed by atoms with Gasteiger partial charge < -0.3 is 0 Å². The van der Waals surface area contributed by atoms with Gasteiger partial charge in [-0.25, -0.2) is 4.98 Å². The third-order valence-corrected chi connectivity index (χ3v) is 3.04. The van der Waals surface area contributed by atoms with Gasteiger partial charge in [0.2, 0.25) is 0 Å². The Labute approximate surface area is 115 Å². The molecule has 0 atom stereocenters. The second-order valence-electron chi connectivity index (χ2n) is 4.07. The van der Waals surface area contributed by atoms with E-state index in [0.29, 0.717) is 11.4 Å². The molecule has 0 aliphatic carbocycles. The molecule has 0 saturated heterocycles. The first-order valence-corrected chi connectivity index (χ1v) is 6.33. The zero-order valence-corrected chi connectivity index (χ0v) is 11.8. The molecule has 18 heavy (non-hydrogen) atoms. The third kappa shape index (κ3) is 2.76. The fraction of sp³-hybridized carbons (Fsp3) is 0.143. The molecule has 0 unspecified atom stereocenters. The average Bonchev–Trinajstić information content (AvgIpc) is 2.37. The number of carbonyl (C=O) groups excluding carboxylic acids is 1. The predicted molar refractivity (Wildman–Crippen MR) is 75.8 cm³/mol. The Morgan fingerprint density at radius 3 is 2.67 bits per heavy atom. The summed E-state index contributed by atoms with van der Waals surface area (Å²) in [6.07, 6.45) is 1.67. The van der Waals surface area contributed by atoms with Crippen LogP contribution in [-0.2, 0) is 0 Å². The Hall–Kier alpha value is -1.68. The lowest BCUT2D eigenvalue weighted by atomic mass is 10.1. The molecule has 1 heterocycles. The molecule has 92 valence electrons. The first-order chi connectivity index (χ1) is 8.58. The van der Waals surface area contributed by atoms with Crippen LogP contribution in [0.25, 0.3) is 0 Å². The summed E-state index contributed by atoms with van der Waals surface area (Å²) in [4.78, 5) is 18.0. The van der Waals surface area contributed by atoms with Gasteiger partial charge in [-0.1, -0.05) is 22.0 Å². The number of aromatic nitrogens is 1. The van der Waals surface area contributed by atoms with Crippen molar-refractivity contribution < 1.29 is 4.79 Å². The van der Waals surface area contributed by atoms with Gasteiger partial charge in [-0.2, -0.15) is 0 Å². The number of rotatable bonds is 2. The first kappa shape index (κ1) is 12.8. The van der Waals surface area contributed by atoms with Crippen LogP contribution < -0.4 is 4.90 Å². The summed E-state index contributed by atoms with van der Waals surface area (Å²) >= 11 is 3.40. The van der Waals surface area contributed by atoms with Crippen LogP contribution in [0, 0.1) is 6.92 Å². The summed E-state index contributed by atoms with van der Waals surface area (Å²) in [5.41, 5.74) is 1.69. The van der Waals surface area contributed by atoms with Crippen molar-refractivity contribution in [3.05, 3.63) is 58.2 Å². The Kier molecular flexibility index (Phi) is 3.77. The lowest BCUT2D eigenvalue weighted by molar-refractivity contribution is 0.0992. The van der Waals surface area contributed by atoms with E-state index in [2.05, 4.69) is 20.9 Å². The second kappa shape index (κ2) is 5.31. The number of anilines is 1. The Bertz CT molecular complexity index is 549. The second-order valence-corrected chi connectivity index (χ2v) is 4.99. The SMILES string of the molecule is Cc1cc(Br)cc(C(=O)N(C)c2ccccn2)c1. The largest absolute Gasteiger partial charge is 0.296 e. The lowest BCUT2D eigenvalue weighted by Crippen LogP contribution is -2.27. The van der Waals surface area contributed by atoms with E-state index in [9.17, 15) is 4.79 Å². The first-order valence-electron chi connectivity index (χ1n) is 5.54. The van der Waals surface area contributed by atoms with Crippen LogP contribution in [0.1, 0.15) is 15.9 Å². The molecule has 0 radical (unpaired) electrons. The number of hydrogen-bond donors (Lipinski definition) is 0. The number of aryl methyl sites for hydroxylation is 1. The number of hydrogen-bond acceptors (Lipinski definition) is 2. The molecule has 2 rings (SSSR count). The highest BCUT2D eigenvalue weighted by atomic mass is 79.9. The van der Waals surface area contributed by atoms with Crippen molar-refractivity contribution in [3.63, 3.8) is 0 Å². The Morgan fingerprint density at radius 1 is 1.28 bits per heavy atom. The number of benzene rings is 1. The van der Waals surface area contributed by atoms with E-state index >= 15 is 0 Å². The monoisotopic (exact) mass is 304 g/mol. The predicted octanol–water partition coefficient (Wildman–Crippen LogP) is 3.43. The fourth-order valence-corrected chi connectivity index (χ4v) is 2.32. The van der Waals surface area contributed by atoms with Gasteiger partial charge in [0.1, 0.15) is 5.82 Å². The minimum Gasteiger partial charge on any atom is -0.296 e. The molecule has 0 N–H and O–H groups in total. The maximum absolute atomic E-state index is 12.3. The van der Waals surface area contributed by atoms with E-state index < -0.39 is 0 Å². The molecule has 1 aromatic carbocycles. The van der Waals surface area contributed by atoms with Crippen molar-refractivity contribution in [1.82, 2.24) is 4.98 Å². The van der Waals surface area contributed by atoms with Gasteiger partial charge in [0.05, 0.1) is 0 Å². The number of amides is 1. The van der Waals surface area contributed by atoms with Gasteiger partial charge >= 0.3 is 0 Å². The highest BCUT2D eigenvalue weighted by Crippen LogP contribution is 2.18. The number of carbonyl (C=O) groups is 1. The van der Waals surface area contributed by atoms with Gasteiger partial charge in [0.25, 0.3) is 5.91 Å². The number of nitrogens with zero attached hydrogens (tertiary/aromatic N) is 2. The minimum atomic E-state index is -0.0712. The molecular formula is C14H13BrN2O. The molecule has 2 aromatic rings. The van der Waals surface area contributed by atoms with E-state index in [0.717, 1.165) is 10.0 Å². The van der Waals surface area contributed by atoms with Crippen LogP contribution in [0.3, 0.4) is 0 Å². The summed E-state index contributed by atoms with van der Waals surface area (Å²) in [6.45, 7) is 1.96. The van der Waals surface area contributed by atoms with Gasteiger partial charge in [0.15, 0.2) is 0 Å². The van der Waals surface area contributed by atoms with Gasteiger partial charge in [-0.3, -0.25) is 9.69 Å². The normalized spacial score (nSPS) is 10.2. The smallest absolute Gasteiger partial charge is 0.259 e. The molecule has 0 aliphatic rings. The summed E-state index contributed by atoms with van der Waals surface area (Å²) in [7, 11) is 1.72. The fourth-order valence-electron chi connectivity index (χ4n) is 1.71. The van der Waals surface area contributed by atoms with Crippen LogP contribution in [0.5, 0.6) is 0 Å². The van der Waals surface area contributed by atoms with Crippen LogP contribution in [0.2, 0.25) is 0 Å². The summed E-state index contributed by atoms with van der Waals surface area (Å²) in [6, 6.07) is 11.1. The lowest BCUT2D eigenvalue weighted by Gasteiger charge is -2.16. The number of halogens is 1. The van der Waals surface area contributed by atoms with Crippen molar-refractivity contribution in [1.29, 1.82) is 0 Å². The van der Waals surface area contributed by atoms with Crippen LogP contribution in [-0.4, -0.2) is 17.9 Å². The number of pyridine rings is 1. The zero-order valence-electron chi connectivity index (χ0n) is 10.2. The van der Waals surface area contributed by atoms with Crippen molar-refractivity contribution in [2.75, 3.05) is 11.9 Å². The van der Waals surface area contributed by atoms with Crippen molar-refractivity contribution in [2.45, 2.75) is 6.92 Å². The molecule has 0 bridgehead atoms. The van der Waals surface area contributed by atoms with Crippen LogP contribution in [0.4, 0.5) is 5.82 Å². The highest BCUT2D eigenvalue weighted by molar-refractivity contribution is 9.10. The van der Waals surface area contributed by atoms with Gasteiger partial charge in [0, 0.05) is 23.3 Å². The third-order valence-electron chi connectivity index (χ3n) is 2.59. The molecule has 0 spiro atoms. The standard InChI is InChI=1S/C14H13BrN2O/c1-10-7-11(9-12(15)8-10)14(18)17(2)13-5-3-4-6-16-13/h3-9H,1-2H3. The highest BCUT2D eigenvalue weighted by Gasteiger charge is 2.14. The minimum absolute atomic E-state index is 0.0712. The molecule has 1 aromatic heterocycles. The van der Waals surface area contributed by atoms with E-state index in [-0.39, 0.29) is 5.91 Å². The van der Waals surface area contributed by atoms with Crippen molar-refractivity contribution >= 4 is 27.7 Å². The topological polar surface area (TPSA) is 33.2 Å². The van der Waals surface area contributed by atoms with Crippen LogP contribution in [0.15, 0.2) is 47.1 Å². The molecule has 0 aliphatic heterocycles. The summed E-state index contributed by atoms with van der Waals surface area (Å²) < 4.78 is 0.903. The summed E-state index contributed by atoms with van der Waals surface area (Å²) in [5, 5.41) is 0. The van der Waals surface area contributed by atoms with Crippen molar-refractivity contribution in [3.8, 4) is 0 Å². The average molecular weight is 305 g/mol. The van der Waals surface area contributed by atoms with Crippen LogP contribution >= 0.6 is 15.9 Å². The van der Waals surface area contributed by atoms with E-state index in [4.69, 9.17) is 0 Å². The van der Waals surface area contributed by atoms with E-state index in [1.165, 1.54) is 0 Å². The van der Waals surface area contributed by atoms with E-state index in [1.807, 2.05) is 43.3 Å². The maximum Gasteiger partial charge on any atom is 0.259 e. The molecule has 0 fully saturated rings. The van der Waals surface area contributed by atoms with E-state index in [1.54, 1.807) is 18.1 Å². The molecule has 0 saturated carbocycles. The van der Waals surface area contributed by atoms with Crippen molar-refractivity contribution in [2.24, 2.45) is 0 Å². The van der Waals surface area contributed by atoms with Gasteiger partial charge in [-0.15, -0.1) is 0 Å². The zero-order chi connectivity index (χ0) is 13.1. The Morgan fingerprint density at radius 2 is 2.06 bits per heavy atom. The maximum atomic E-state index is 12.3. The van der Waals surface area contributed by atoms with Gasteiger partial charge in [-0.05, 0) is 42.8 Å². The molecule has 1 amide bonds. The summed E-state index contributed by atoms with van der Waals surface area (Å²) in [5.74, 6) is 0.568. The Balaban J connectivity index is 2.31. The molecule has 3 nitrogen and oxygen atoms in total. The molecule has 4 heteroatoms. The molecular weight excluding hydrogens is 292 g/mol. The quantitative estimate of drug-likeness (QED) is 0.851.